The number of fused-ring (bicyclic) bond motifs is 2. The monoisotopic (exact) mass is 366 g/mol. The molecule has 6 nitrogen and oxygen atoms in total. The van der Waals surface area contributed by atoms with Crippen LogP contribution < -0.4 is 10.1 Å². The van der Waals surface area contributed by atoms with Crippen molar-refractivity contribution in [1.82, 2.24) is 10.2 Å². The molecular formula is C21H22N2O4. The lowest BCUT2D eigenvalue weighted by molar-refractivity contribution is -0.134. The number of rotatable bonds is 5. The van der Waals surface area contributed by atoms with E-state index >= 15 is 0 Å². The maximum atomic E-state index is 12.2. The summed E-state index contributed by atoms with van der Waals surface area (Å²) in [6.07, 6.45) is 2.49. The molecule has 2 amide bonds. The Morgan fingerprint density at radius 1 is 1.19 bits per heavy atom. The van der Waals surface area contributed by atoms with Crippen molar-refractivity contribution in [2.45, 2.75) is 18.8 Å². The molecule has 27 heavy (non-hydrogen) atoms. The predicted octanol–water partition coefficient (Wildman–Crippen LogP) is 3.05. The number of likely N-dealkylation sites (N-methyl/N-ethyl adjacent to an activating group) is 1. The van der Waals surface area contributed by atoms with Gasteiger partial charge in [0.2, 0.25) is 11.8 Å². The van der Waals surface area contributed by atoms with Crippen LogP contribution in [0, 0.1) is 0 Å². The van der Waals surface area contributed by atoms with Crippen LogP contribution in [0.2, 0.25) is 0 Å². The van der Waals surface area contributed by atoms with Crippen molar-refractivity contribution in [3.63, 3.8) is 0 Å². The summed E-state index contributed by atoms with van der Waals surface area (Å²) >= 11 is 0. The van der Waals surface area contributed by atoms with Gasteiger partial charge < -0.3 is 14.1 Å². The smallest absolute Gasteiger partial charge is 0.234 e. The zero-order chi connectivity index (χ0) is 19.0. The number of imide groups is 1. The van der Waals surface area contributed by atoms with Crippen LogP contribution in [0.1, 0.15) is 24.3 Å². The van der Waals surface area contributed by atoms with Crippen LogP contribution in [0.25, 0.3) is 21.7 Å². The average Bonchev–Trinajstić information content (AvgIpc) is 3.02. The first kappa shape index (κ1) is 17.5. The SMILES string of the molecule is CN(C)CCOc1ccc2cc3occ([C@H]4CCC(=O)NC4=O)c3cc2c1. The van der Waals surface area contributed by atoms with Gasteiger partial charge in [-0.1, -0.05) is 6.07 Å². The van der Waals surface area contributed by atoms with E-state index in [-0.39, 0.29) is 17.7 Å². The fourth-order valence-electron chi connectivity index (χ4n) is 3.46. The number of ether oxygens (including phenoxy) is 1. The van der Waals surface area contributed by atoms with Gasteiger partial charge in [0.1, 0.15) is 17.9 Å². The van der Waals surface area contributed by atoms with E-state index in [1.54, 1.807) is 6.26 Å². The molecule has 0 saturated carbocycles. The molecule has 1 saturated heterocycles. The second-order valence-corrected chi connectivity index (χ2v) is 7.20. The molecule has 3 aromatic rings. The van der Waals surface area contributed by atoms with E-state index in [2.05, 4.69) is 10.2 Å². The van der Waals surface area contributed by atoms with Gasteiger partial charge in [-0.05, 0) is 55.6 Å². The minimum absolute atomic E-state index is 0.214. The van der Waals surface area contributed by atoms with Crippen LogP contribution >= 0.6 is 0 Å². The minimum atomic E-state index is -0.360. The summed E-state index contributed by atoms with van der Waals surface area (Å²) in [4.78, 5) is 25.7. The second kappa shape index (κ2) is 7.04. The number of nitrogens with one attached hydrogen (secondary N) is 1. The van der Waals surface area contributed by atoms with E-state index in [1.165, 1.54) is 0 Å². The molecular weight excluding hydrogens is 344 g/mol. The summed E-state index contributed by atoms with van der Waals surface area (Å²) in [5.74, 6) is -0.0143. The molecule has 2 heterocycles. The van der Waals surface area contributed by atoms with Crippen LogP contribution in [0.3, 0.4) is 0 Å². The van der Waals surface area contributed by atoms with Gasteiger partial charge in [0.05, 0.1) is 12.2 Å². The quantitative estimate of drug-likeness (QED) is 0.703. The Kier molecular flexibility index (Phi) is 4.58. The summed E-state index contributed by atoms with van der Waals surface area (Å²) in [6.45, 7) is 1.46. The molecule has 6 heteroatoms. The molecule has 140 valence electrons. The van der Waals surface area contributed by atoms with E-state index in [0.717, 1.165) is 39.6 Å². The number of hydrogen-bond acceptors (Lipinski definition) is 5. The van der Waals surface area contributed by atoms with Gasteiger partial charge in [0.15, 0.2) is 0 Å². The standard InChI is InChI=1S/C21H22N2O4/c1-23(2)7-8-26-15-4-3-13-11-19-17(10-14(13)9-15)18(12-27-19)16-5-6-20(24)22-21(16)25/h3-4,9-12,16H,5-8H2,1-2H3,(H,22,24,25)/t16-/m1/s1. The number of piperidine rings is 1. The Labute approximate surface area is 157 Å². The molecule has 1 N–H and O–H groups in total. The van der Waals surface area contributed by atoms with E-state index in [0.29, 0.717) is 19.4 Å². The third-order valence-electron chi connectivity index (χ3n) is 4.96. The van der Waals surface area contributed by atoms with Crippen molar-refractivity contribution in [2.75, 3.05) is 27.2 Å². The number of amides is 2. The van der Waals surface area contributed by atoms with Crippen molar-refractivity contribution >= 4 is 33.6 Å². The average molecular weight is 366 g/mol. The Morgan fingerprint density at radius 3 is 2.81 bits per heavy atom. The Bertz CT molecular complexity index is 1020. The first-order valence-electron chi connectivity index (χ1n) is 9.07. The molecule has 1 aliphatic heterocycles. The largest absolute Gasteiger partial charge is 0.492 e. The van der Waals surface area contributed by atoms with Gasteiger partial charge in [-0.2, -0.15) is 0 Å². The second-order valence-electron chi connectivity index (χ2n) is 7.20. The van der Waals surface area contributed by atoms with Crippen molar-refractivity contribution in [2.24, 2.45) is 0 Å². The van der Waals surface area contributed by atoms with Gasteiger partial charge in [-0.15, -0.1) is 0 Å². The highest BCUT2D eigenvalue weighted by atomic mass is 16.5. The molecule has 0 bridgehead atoms. The molecule has 0 aliphatic carbocycles. The Balaban J connectivity index is 1.67. The molecule has 0 unspecified atom stereocenters. The zero-order valence-corrected chi connectivity index (χ0v) is 15.5. The van der Waals surface area contributed by atoms with Crippen LogP contribution in [0.15, 0.2) is 41.0 Å². The summed E-state index contributed by atoms with van der Waals surface area (Å²) in [5, 5.41) is 5.40. The fourth-order valence-corrected chi connectivity index (χ4v) is 3.46. The van der Waals surface area contributed by atoms with Gasteiger partial charge in [0, 0.05) is 23.9 Å². The molecule has 1 atom stereocenters. The van der Waals surface area contributed by atoms with Crippen LogP contribution in [-0.2, 0) is 9.59 Å². The number of carbonyl (C=O) groups excluding carboxylic acids is 2. The highest BCUT2D eigenvalue weighted by Gasteiger charge is 2.30. The Hall–Kier alpha value is -2.86. The summed E-state index contributed by atoms with van der Waals surface area (Å²) < 4.78 is 11.5. The maximum absolute atomic E-state index is 12.2. The molecule has 0 spiro atoms. The molecule has 2 aromatic carbocycles. The van der Waals surface area contributed by atoms with E-state index < -0.39 is 0 Å². The third-order valence-corrected chi connectivity index (χ3v) is 4.96. The molecule has 1 fully saturated rings. The van der Waals surface area contributed by atoms with Gasteiger partial charge in [0.25, 0.3) is 0 Å². The Morgan fingerprint density at radius 2 is 2.04 bits per heavy atom. The number of nitrogens with zero attached hydrogens (tertiary/aromatic N) is 1. The molecule has 1 aromatic heterocycles. The number of carbonyl (C=O) groups is 2. The van der Waals surface area contributed by atoms with Crippen LogP contribution in [0.5, 0.6) is 5.75 Å². The summed E-state index contributed by atoms with van der Waals surface area (Å²) in [7, 11) is 4.02. The molecule has 0 radical (unpaired) electrons. The van der Waals surface area contributed by atoms with Crippen molar-refractivity contribution in [3.05, 3.63) is 42.2 Å². The summed E-state index contributed by atoms with van der Waals surface area (Å²) in [6, 6.07) is 9.98. The number of benzene rings is 2. The predicted molar refractivity (Wildman–Crippen MR) is 103 cm³/mol. The lowest BCUT2D eigenvalue weighted by Gasteiger charge is -2.19. The minimum Gasteiger partial charge on any atom is -0.492 e. The molecule has 4 rings (SSSR count). The van der Waals surface area contributed by atoms with Crippen molar-refractivity contribution in [3.8, 4) is 5.75 Å². The van der Waals surface area contributed by atoms with Gasteiger partial charge in [-0.3, -0.25) is 14.9 Å². The van der Waals surface area contributed by atoms with Gasteiger partial charge in [-0.25, -0.2) is 0 Å². The zero-order valence-electron chi connectivity index (χ0n) is 15.5. The first-order chi connectivity index (χ1) is 13.0. The van der Waals surface area contributed by atoms with Crippen LogP contribution in [-0.4, -0.2) is 44.0 Å². The maximum Gasteiger partial charge on any atom is 0.234 e. The lowest BCUT2D eigenvalue weighted by Crippen LogP contribution is -2.39. The third kappa shape index (κ3) is 3.53. The van der Waals surface area contributed by atoms with Crippen molar-refractivity contribution in [1.29, 1.82) is 0 Å². The van der Waals surface area contributed by atoms with E-state index in [4.69, 9.17) is 9.15 Å². The highest BCUT2D eigenvalue weighted by molar-refractivity contribution is 6.04. The fraction of sp³-hybridized carbons (Fsp3) is 0.333. The highest BCUT2D eigenvalue weighted by Crippen LogP contribution is 2.35. The normalized spacial score (nSPS) is 17.7. The van der Waals surface area contributed by atoms with Crippen LogP contribution in [0.4, 0.5) is 0 Å². The van der Waals surface area contributed by atoms with Crippen molar-refractivity contribution < 1.29 is 18.7 Å². The summed E-state index contributed by atoms with van der Waals surface area (Å²) in [5.41, 5.74) is 1.57. The first-order valence-corrected chi connectivity index (χ1v) is 9.07. The van der Waals surface area contributed by atoms with E-state index in [1.807, 2.05) is 44.4 Å². The van der Waals surface area contributed by atoms with Gasteiger partial charge >= 0.3 is 0 Å². The number of hydrogen-bond donors (Lipinski definition) is 1. The molecule has 1 aliphatic rings. The number of furan rings is 1. The van der Waals surface area contributed by atoms with E-state index in [9.17, 15) is 9.59 Å². The lowest BCUT2D eigenvalue weighted by atomic mass is 9.90. The topological polar surface area (TPSA) is 71.8 Å².